The summed E-state index contributed by atoms with van der Waals surface area (Å²) in [7, 11) is 1.35. The molecule has 0 heterocycles. The number of carbonyl (C=O) groups is 1. The van der Waals surface area contributed by atoms with Crippen LogP contribution in [0.1, 0.15) is 22.3 Å². The molecule has 0 aliphatic heterocycles. The van der Waals surface area contributed by atoms with Crippen molar-refractivity contribution < 1.29 is 19.0 Å². The summed E-state index contributed by atoms with van der Waals surface area (Å²) in [4.78, 5) is 11.3. The molecule has 0 aromatic heterocycles. The number of benzene rings is 2. The van der Waals surface area contributed by atoms with Gasteiger partial charge in [-0.25, -0.2) is 4.79 Å². The molecule has 0 amide bonds. The average Bonchev–Trinajstić information content (AvgIpc) is 2.62. The molecule has 0 bridgehead atoms. The summed E-state index contributed by atoms with van der Waals surface area (Å²) >= 11 is 0. The first-order chi connectivity index (χ1) is 11.7. The second-order valence-electron chi connectivity index (χ2n) is 4.92. The van der Waals surface area contributed by atoms with Gasteiger partial charge in [-0.3, -0.25) is 0 Å². The van der Waals surface area contributed by atoms with Gasteiger partial charge >= 0.3 is 5.97 Å². The molecule has 2 N–H and O–H groups in total. The van der Waals surface area contributed by atoms with Crippen LogP contribution in [0.3, 0.4) is 0 Å². The second-order valence-corrected chi connectivity index (χ2v) is 4.92. The first-order valence-electron chi connectivity index (χ1n) is 7.50. The van der Waals surface area contributed by atoms with Gasteiger partial charge in [-0.15, -0.1) is 0 Å². The summed E-state index contributed by atoms with van der Waals surface area (Å²) in [6, 6.07) is 14.3. The summed E-state index contributed by atoms with van der Waals surface area (Å²) in [5, 5.41) is 3.48. The number of ether oxygens (including phenoxy) is 3. The molecule has 0 saturated heterocycles. The molecule has 2 aromatic carbocycles. The van der Waals surface area contributed by atoms with E-state index < -0.39 is 0 Å². The molecular weight excluding hydrogens is 308 g/mol. The van der Waals surface area contributed by atoms with Gasteiger partial charge in [-0.1, -0.05) is 12.1 Å². The van der Waals surface area contributed by atoms with Gasteiger partial charge in [0.2, 0.25) is 0 Å². The van der Waals surface area contributed by atoms with Crippen LogP contribution in [-0.2, 0) is 4.74 Å². The van der Waals surface area contributed by atoms with Crippen LogP contribution in [0.4, 0.5) is 0 Å². The maximum absolute atomic E-state index is 11.3. The Bertz CT molecular complexity index is 684. The normalized spacial score (nSPS) is 10.5. The minimum atomic E-state index is -0.364. The van der Waals surface area contributed by atoms with Crippen molar-refractivity contribution >= 4 is 12.2 Å². The van der Waals surface area contributed by atoms with Crippen LogP contribution in [0.15, 0.2) is 53.6 Å². The molecule has 0 spiro atoms. The van der Waals surface area contributed by atoms with Crippen molar-refractivity contribution in [3.63, 3.8) is 0 Å². The van der Waals surface area contributed by atoms with Crippen LogP contribution in [0.25, 0.3) is 0 Å². The van der Waals surface area contributed by atoms with E-state index in [1.165, 1.54) is 7.11 Å². The zero-order valence-corrected chi connectivity index (χ0v) is 13.5. The Morgan fingerprint density at radius 2 is 1.79 bits per heavy atom. The third-order valence-electron chi connectivity index (χ3n) is 3.18. The van der Waals surface area contributed by atoms with Crippen molar-refractivity contribution in [2.24, 2.45) is 10.9 Å². The van der Waals surface area contributed by atoms with E-state index in [-0.39, 0.29) is 5.97 Å². The minimum absolute atomic E-state index is 0.364. The third kappa shape index (κ3) is 5.31. The van der Waals surface area contributed by atoms with Gasteiger partial charge in [0.25, 0.3) is 0 Å². The van der Waals surface area contributed by atoms with E-state index in [4.69, 9.17) is 15.3 Å². The molecule has 6 heteroatoms. The predicted molar refractivity (Wildman–Crippen MR) is 91.6 cm³/mol. The lowest BCUT2D eigenvalue weighted by atomic mass is 10.2. The molecular formula is C18H20N2O4. The van der Waals surface area contributed by atoms with Gasteiger partial charge in [0.15, 0.2) is 0 Å². The van der Waals surface area contributed by atoms with Crippen LogP contribution in [-0.4, -0.2) is 32.5 Å². The summed E-state index contributed by atoms with van der Waals surface area (Å²) in [5.74, 6) is 6.22. The van der Waals surface area contributed by atoms with Crippen molar-refractivity contribution in [2.75, 3.05) is 20.3 Å². The van der Waals surface area contributed by atoms with Gasteiger partial charge < -0.3 is 20.1 Å². The fraction of sp³-hybridized carbons (Fsp3) is 0.222. The first kappa shape index (κ1) is 17.3. The number of hydrogen-bond donors (Lipinski definition) is 1. The monoisotopic (exact) mass is 328 g/mol. The number of methoxy groups -OCH3 is 1. The fourth-order valence-corrected chi connectivity index (χ4v) is 2.01. The highest BCUT2D eigenvalue weighted by Gasteiger charge is 2.04. The van der Waals surface area contributed by atoms with E-state index >= 15 is 0 Å². The molecule has 0 aliphatic carbocycles. The van der Waals surface area contributed by atoms with E-state index in [1.807, 2.05) is 24.3 Å². The summed E-state index contributed by atoms with van der Waals surface area (Å²) in [6.45, 7) is 1.05. The number of carbonyl (C=O) groups excluding carboxylic acids is 1. The van der Waals surface area contributed by atoms with E-state index in [1.54, 1.807) is 30.5 Å². The van der Waals surface area contributed by atoms with Gasteiger partial charge in [-0.2, -0.15) is 5.10 Å². The number of nitrogens with two attached hydrogens (primary N) is 1. The molecule has 0 saturated carbocycles. The number of esters is 1. The zero-order valence-electron chi connectivity index (χ0n) is 13.5. The van der Waals surface area contributed by atoms with Crippen LogP contribution >= 0.6 is 0 Å². The fourth-order valence-electron chi connectivity index (χ4n) is 2.01. The highest BCUT2D eigenvalue weighted by Crippen LogP contribution is 2.14. The summed E-state index contributed by atoms with van der Waals surface area (Å²) in [5.41, 5.74) is 1.38. The first-order valence-corrected chi connectivity index (χ1v) is 7.50. The Kier molecular flexibility index (Phi) is 6.64. The van der Waals surface area contributed by atoms with Crippen LogP contribution in [0.2, 0.25) is 0 Å². The van der Waals surface area contributed by atoms with E-state index in [0.29, 0.717) is 24.5 Å². The molecule has 0 fully saturated rings. The Balaban J connectivity index is 1.71. The van der Waals surface area contributed by atoms with Gasteiger partial charge in [0.1, 0.15) is 11.5 Å². The third-order valence-corrected chi connectivity index (χ3v) is 3.18. The standard InChI is InChI=1S/C18H20N2O4/c1-22-18(21)15-6-8-16(9-7-15)23-10-3-11-24-17-5-2-4-14(12-17)13-20-19/h2,4-9,12-13H,3,10-11,19H2,1H3. The molecule has 0 radical (unpaired) electrons. The maximum atomic E-state index is 11.3. The molecule has 126 valence electrons. The molecule has 6 nitrogen and oxygen atoms in total. The highest BCUT2D eigenvalue weighted by atomic mass is 16.5. The van der Waals surface area contributed by atoms with Crippen molar-refractivity contribution in [2.45, 2.75) is 6.42 Å². The summed E-state index contributed by atoms with van der Waals surface area (Å²) in [6.07, 6.45) is 2.29. The molecule has 2 rings (SSSR count). The average molecular weight is 328 g/mol. The predicted octanol–water partition coefficient (Wildman–Crippen LogP) is 2.61. The van der Waals surface area contributed by atoms with Gasteiger partial charge in [-0.05, 0) is 42.0 Å². The van der Waals surface area contributed by atoms with Crippen molar-refractivity contribution in [1.82, 2.24) is 0 Å². The Morgan fingerprint density at radius 3 is 2.46 bits per heavy atom. The van der Waals surface area contributed by atoms with Gasteiger partial charge in [0, 0.05) is 6.42 Å². The molecule has 2 aromatic rings. The zero-order chi connectivity index (χ0) is 17.2. The maximum Gasteiger partial charge on any atom is 0.337 e. The Morgan fingerprint density at radius 1 is 1.08 bits per heavy atom. The number of nitrogens with zero attached hydrogens (tertiary/aromatic N) is 1. The minimum Gasteiger partial charge on any atom is -0.493 e. The lowest BCUT2D eigenvalue weighted by Gasteiger charge is -2.09. The van der Waals surface area contributed by atoms with Crippen LogP contribution < -0.4 is 15.3 Å². The van der Waals surface area contributed by atoms with E-state index in [0.717, 1.165) is 17.7 Å². The van der Waals surface area contributed by atoms with Gasteiger partial charge in [0.05, 0.1) is 32.1 Å². The van der Waals surface area contributed by atoms with Crippen LogP contribution in [0.5, 0.6) is 11.5 Å². The molecule has 0 aliphatic rings. The van der Waals surface area contributed by atoms with E-state index in [2.05, 4.69) is 9.84 Å². The number of hydrazone groups is 1. The van der Waals surface area contributed by atoms with Crippen molar-refractivity contribution in [1.29, 1.82) is 0 Å². The Hall–Kier alpha value is -3.02. The van der Waals surface area contributed by atoms with Crippen molar-refractivity contribution in [3.05, 3.63) is 59.7 Å². The topological polar surface area (TPSA) is 83.1 Å². The molecule has 24 heavy (non-hydrogen) atoms. The van der Waals surface area contributed by atoms with Crippen molar-refractivity contribution in [3.8, 4) is 11.5 Å². The summed E-state index contributed by atoms with van der Waals surface area (Å²) < 4.78 is 15.9. The molecule has 0 unspecified atom stereocenters. The quantitative estimate of drug-likeness (QED) is 0.265. The Labute approximate surface area is 140 Å². The van der Waals surface area contributed by atoms with E-state index in [9.17, 15) is 4.79 Å². The highest BCUT2D eigenvalue weighted by molar-refractivity contribution is 5.89. The SMILES string of the molecule is COC(=O)c1ccc(OCCCOc2cccc(C=NN)c2)cc1. The smallest absolute Gasteiger partial charge is 0.337 e. The number of rotatable bonds is 8. The number of hydrogen-bond acceptors (Lipinski definition) is 6. The second kappa shape index (κ2) is 9.19. The molecule has 0 atom stereocenters. The largest absolute Gasteiger partial charge is 0.493 e. The lowest BCUT2D eigenvalue weighted by Crippen LogP contribution is -2.05. The van der Waals surface area contributed by atoms with Crippen LogP contribution in [0, 0.1) is 0 Å². The lowest BCUT2D eigenvalue weighted by molar-refractivity contribution is 0.0600.